The number of rotatable bonds is 7. The molecule has 1 atom stereocenters. The van der Waals surface area contributed by atoms with Gasteiger partial charge in [-0.15, -0.1) is 0 Å². The summed E-state index contributed by atoms with van der Waals surface area (Å²) in [5.41, 5.74) is 0. The Morgan fingerprint density at radius 3 is 1.91 bits per heavy atom. The van der Waals surface area contributed by atoms with Crippen LogP contribution >= 0.6 is 37.9 Å². The first-order chi connectivity index (χ1) is 5.31. The summed E-state index contributed by atoms with van der Waals surface area (Å²) in [6, 6.07) is 0. The maximum Gasteiger partial charge on any atom is 0.00171 e. The van der Waals surface area contributed by atoms with Crippen LogP contribution in [0.2, 0.25) is 0 Å². The van der Waals surface area contributed by atoms with Crippen molar-refractivity contribution < 1.29 is 0 Å². The topological polar surface area (TPSA) is 0 Å². The second-order valence-electron chi connectivity index (χ2n) is 2.74. The smallest absolute Gasteiger partial charge is 0.00171 e. The van der Waals surface area contributed by atoms with Gasteiger partial charge in [-0.3, -0.25) is 0 Å². The monoisotopic (exact) mass is 210 g/mol. The first kappa shape index (κ1) is 12.0. The van der Waals surface area contributed by atoms with E-state index in [0.29, 0.717) is 5.25 Å². The van der Waals surface area contributed by atoms with Crippen LogP contribution in [-0.2, 0) is 0 Å². The van der Waals surface area contributed by atoms with Crippen molar-refractivity contribution in [2.45, 2.75) is 37.4 Å². The Bertz CT molecular complexity index is 75.7. The molecule has 1 unspecified atom stereocenters. The SMILES string of the molecule is SCCCCC(S)CCCS. The number of hydrogen-bond donors (Lipinski definition) is 3. The van der Waals surface area contributed by atoms with Crippen molar-refractivity contribution in [2.75, 3.05) is 11.5 Å². The minimum Gasteiger partial charge on any atom is -0.179 e. The van der Waals surface area contributed by atoms with E-state index in [9.17, 15) is 0 Å². The molecule has 0 aliphatic heterocycles. The summed E-state index contributed by atoms with van der Waals surface area (Å²) >= 11 is 12.8. The molecule has 0 radical (unpaired) electrons. The Morgan fingerprint density at radius 2 is 1.36 bits per heavy atom. The molecule has 3 heteroatoms. The maximum absolute atomic E-state index is 4.48. The highest BCUT2D eigenvalue weighted by atomic mass is 32.1. The second-order valence-corrected chi connectivity index (χ2v) is 4.36. The predicted octanol–water partition coefficient (Wildman–Crippen LogP) is 3.09. The third-order valence-corrected chi connectivity index (χ3v) is 2.79. The molecule has 0 amide bonds. The van der Waals surface area contributed by atoms with E-state index in [1.807, 2.05) is 0 Å². The van der Waals surface area contributed by atoms with Gasteiger partial charge in [0.2, 0.25) is 0 Å². The summed E-state index contributed by atoms with van der Waals surface area (Å²) in [4.78, 5) is 0. The summed E-state index contributed by atoms with van der Waals surface area (Å²) in [5.74, 6) is 2.00. The van der Waals surface area contributed by atoms with E-state index in [0.717, 1.165) is 11.5 Å². The molecule has 11 heavy (non-hydrogen) atoms. The average Bonchev–Trinajstić information content (AvgIpc) is 2.01. The zero-order valence-corrected chi connectivity index (χ0v) is 9.55. The average molecular weight is 210 g/mol. The minimum atomic E-state index is 0.585. The highest BCUT2D eigenvalue weighted by Gasteiger charge is 2.00. The molecule has 0 fully saturated rings. The van der Waals surface area contributed by atoms with Crippen LogP contribution in [0.1, 0.15) is 32.1 Å². The van der Waals surface area contributed by atoms with Crippen LogP contribution in [0.15, 0.2) is 0 Å². The molecular formula is C8H18S3. The lowest BCUT2D eigenvalue weighted by atomic mass is 10.1. The van der Waals surface area contributed by atoms with Crippen LogP contribution in [0.5, 0.6) is 0 Å². The van der Waals surface area contributed by atoms with E-state index >= 15 is 0 Å². The predicted molar refractivity (Wildman–Crippen MR) is 63.6 cm³/mol. The summed E-state index contributed by atoms with van der Waals surface area (Å²) in [7, 11) is 0. The van der Waals surface area contributed by atoms with E-state index in [-0.39, 0.29) is 0 Å². The Kier molecular flexibility index (Phi) is 10.0. The van der Waals surface area contributed by atoms with Gasteiger partial charge in [0, 0.05) is 5.25 Å². The fraction of sp³-hybridized carbons (Fsp3) is 1.00. The molecule has 0 bridgehead atoms. The van der Waals surface area contributed by atoms with Crippen molar-refractivity contribution >= 4 is 37.9 Å². The normalized spacial score (nSPS) is 13.4. The van der Waals surface area contributed by atoms with Gasteiger partial charge < -0.3 is 0 Å². The molecule has 0 saturated carbocycles. The van der Waals surface area contributed by atoms with Gasteiger partial charge in [0.05, 0.1) is 0 Å². The number of unbranched alkanes of at least 4 members (excludes halogenated alkanes) is 1. The van der Waals surface area contributed by atoms with Gasteiger partial charge in [-0.2, -0.15) is 37.9 Å². The Hall–Kier alpha value is 1.05. The van der Waals surface area contributed by atoms with Crippen molar-refractivity contribution in [2.24, 2.45) is 0 Å². The van der Waals surface area contributed by atoms with Crippen LogP contribution in [0.3, 0.4) is 0 Å². The fourth-order valence-corrected chi connectivity index (χ4v) is 1.73. The maximum atomic E-state index is 4.48. The third-order valence-electron chi connectivity index (χ3n) is 1.64. The van der Waals surface area contributed by atoms with Crippen LogP contribution < -0.4 is 0 Å². The molecule has 0 aromatic carbocycles. The Morgan fingerprint density at radius 1 is 0.818 bits per heavy atom. The van der Waals surface area contributed by atoms with Crippen LogP contribution in [0.4, 0.5) is 0 Å². The molecule has 0 spiro atoms. The molecule has 0 rings (SSSR count). The number of hydrogen-bond acceptors (Lipinski definition) is 3. The lowest BCUT2D eigenvalue weighted by Gasteiger charge is -2.08. The molecule has 0 nitrogen and oxygen atoms in total. The van der Waals surface area contributed by atoms with Crippen molar-refractivity contribution in [1.29, 1.82) is 0 Å². The van der Waals surface area contributed by atoms with E-state index in [4.69, 9.17) is 0 Å². The largest absolute Gasteiger partial charge is 0.179 e. The molecule has 68 valence electrons. The lowest BCUT2D eigenvalue weighted by molar-refractivity contribution is 0.647. The summed E-state index contributed by atoms with van der Waals surface area (Å²) in [6.07, 6.45) is 6.13. The van der Waals surface area contributed by atoms with Crippen molar-refractivity contribution in [3.8, 4) is 0 Å². The van der Waals surface area contributed by atoms with Crippen molar-refractivity contribution in [1.82, 2.24) is 0 Å². The standard InChI is InChI=1S/C8H18S3/c9-6-2-1-4-8(11)5-3-7-10/h8-11H,1-7H2. The summed E-state index contributed by atoms with van der Waals surface area (Å²) in [6.45, 7) is 0. The summed E-state index contributed by atoms with van der Waals surface area (Å²) in [5, 5.41) is 0.585. The molecule has 0 aliphatic rings. The highest BCUT2D eigenvalue weighted by molar-refractivity contribution is 7.81. The van der Waals surface area contributed by atoms with Gasteiger partial charge in [-0.25, -0.2) is 0 Å². The van der Waals surface area contributed by atoms with E-state index < -0.39 is 0 Å². The zero-order valence-electron chi connectivity index (χ0n) is 6.87. The van der Waals surface area contributed by atoms with Crippen LogP contribution in [0.25, 0.3) is 0 Å². The molecular weight excluding hydrogens is 192 g/mol. The first-order valence-electron chi connectivity index (χ1n) is 4.21. The van der Waals surface area contributed by atoms with Crippen LogP contribution in [0, 0.1) is 0 Å². The zero-order chi connectivity index (χ0) is 8.53. The Labute approximate surface area is 86.8 Å². The molecule has 0 saturated heterocycles. The van der Waals surface area contributed by atoms with Gasteiger partial charge in [0.15, 0.2) is 0 Å². The van der Waals surface area contributed by atoms with E-state index in [1.165, 1.54) is 32.1 Å². The molecule has 0 aromatic rings. The quantitative estimate of drug-likeness (QED) is 0.417. The minimum absolute atomic E-state index is 0.585. The number of thiol groups is 3. The van der Waals surface area contributed by atoms with Gasteiger partial charge in [-0.05, 0) is 37.2 Å². The van der Waals surface area contributed by atoms with Gasteiger partial charge in [0.25, 0.3) is 0 Å². The molecule has 0 N–H and O–H groups in total. The van der Waals surface area contributed by atoms with Gasteiger partial charge in [-0.1, -0.05) is 6.42 Å². The Balaban J connectivity index is 3.02. The van der Waals surface area contributed by atoms with E-state index in [2.05, 4.69) is 37.9 Å². The third kappa shape index (κ3) is 8.96. The second kappa shape index (κ2) is 9.14. The molecule has 0 aromatic heterocycles. The fourth-order valence-electron chi connectivity index (χ4n) is 0.963. The summed E-state index contributed by atoms with van der Waals surface area (Å²) < 4.78 is 0. The van der Waals surface area contributed by atoms with Gasteiger partial charge >= 0.3 is 0 Å². The lowest BCUT2D eigenvalue weighted by Crippen LogP contribution is -1.99. The van der Waals surface area contributed by atoms with Crippen LogP contribution in [-0.4, -0.2) is 16.8 Å². The first-order valence-corrected chi connectivity index (χ1v) is 5.99. The molecule has 0 heterocycles. The highest BCUT2D eigenvalue weighted by Crippen LogP contribution is 2.13. The van der Waals surface area contributed by atoms with Crippen molar-refractivity contribution in [3.05, 3.63) is 0 Å². The van der Waals surface area contributed by atoms with Crippen molar-refractivity contribution in [3.63, 3.8) is 0 Å². The van der Waals surface area contributed by atoms with E-state index in [1.54, 1.807) is 0 Å². The van der Waals surface area contributed by atoms with Gasteiger partial charge in [0.1, 0.15) is 0 Å². The molecule has 0 aliphatic carbocycles.